The minimum atomic E-state index is -4.59. The molecule has 8 rings (SSSR count). The first kappa shape index (κ1) is 47.5. The van der Waals surface area contributed by atoms with Crippen LogP contribution in [0, 0.1) is 18.8 Å². The number of rotatable bonds is 7. The summed E-state index contributed by atoms with van der Waals surface area (Å²) in [5, 5.41) is 8.02. The standard InChI is InChI=1S/C24H22F3N3O3.C23H21F3N4O4/c1-14-7-17(9-19(8-14)24(25,26)27)21-15(2)13-30(23(32)33-21)22(31)29-12-18-11-28-10-16-5-3-4-6-20(16)18;1-13-12-30(21(31)29-11-16-10-27-9-14-4-3-5-28-19(14)16)22(32)34-20(13)15-6-17(23(24,25)26)8-18(7-15)33-2/h3-11,15,21H,12-13H2,1-2H3,(H,29,31);3-10,13,20H,11-12H2,1-2H3,(H,29,31)/t15-,21+;13-,20+/m11/s1. The third kappa shape index (κ3) is 11.0. The van der Waals surface area contributed by atoms with Crippen LogP contribution in [0.5, 0.6) is 5.75 Å². The number of benzene rings is 3. The van der Waals surface area contributed by atoms with Crippen LogP contribution in [0.2, 0.25) is 0 Å². The van der Waals surface area contributed by atoms with Gasteiger partial charge >= 0.3 is 36.6 Å². The van der Waals surface area contributed by atoms with E-state index >= 15 is 0 Å². The molecule has 20 heteroatoms. The van der Waals surface area contributed by atoms with Gasteiger partial charge in [0.05, 0.1) is 23.8 Å². The SMILES string of the molecule is COc1cc([C@H]2OC(=O)N(C(=O)NCc3cncc4cccnc34)C[C@H]2C)cc(C(F)(F)F)c1.Cc1cc([C@H]2OC(=O)N(C(=O)NCc3cncc4ccccc34)C[C@H]2C)cc(C(F)(F)F)c1. The van der Waals surface area contributed by atoms with Crippen molar-refractivity contribution in [2.24, 2.45) is 11.8 Å². The molecule has 0 unspecified atom stereocenters. The second-order valence-corrected chi connectivity index (χ2v) is 16.1. The summed E-state index contributed by atoms with van der Waals surface area (Å²) in [5.41, 5.74) is 1.21. The normalized spacial score (nSPS) is 18.7. The van der Waals surface area contributed by atoms with Crippen LogP contribution < -0.4 is 15.4 Å². The lowest BCUT2D eigenvalue weighted by molar-refractivity contribution is -0.138. The Hall–Kier alpha value is -7.51. The number of fused-ring (bicyclic) bond motifs is 2. The first-order chi connectivity index (χ1) is 31.8. The van der Waals surface area contributed by atoms with Crippen molar-refractivity contribution in [3.05, 3.63) is 143 Å². The number of hydrogen-bond acceptors (Lipinski definition) is 10. The highest BCUT2D eigenvalue weighted by atomic mass is 19.4. The summed E-state index contributed by atoms with van der Waals surface area (Å²) < 4.78 is 95.2. The lowest BCUT2D eigenvalue weighted by Crippen LogP contribution is -2.50. The zero-order valence-corrected chi connectivity index (χ0v) is 36.3. The van der Waals surface area contributed by atoms with E-state index in [1.165, 1.54) is 13.2 Å². The maximum Gasteiger partial charge on any atom is 0.418 e. The van der Waals surface area contributed by atoms with Crippen molar-refractivity contribution in [1.82, 2.24) is 35.4 Å². The zero-order chi connectivity index (χ0) is 48.2. The van der Waals surface area contributed by atoms with Crippen molar-refractivity contribution < 1.29 is 59.7 Å². The molecule has 6 aromatic rings. The average molecular weight is 932 g/mol. The van der Waals surface area contributed by atoms with Gasteiger partial charge in [-0.1, -0.05) is 49.7 Å². The molecule has 0 radical (unpaired) electrons. The van der Waals surface area contributed by atoms with E-state index in [9.17, 15) is 45.5 Å². The Morgan fingerprint density at radius 2 is 1.22 bits per heavy atom. The summed E-state index contributed by atoms with van der Waals surface area (Å²) in [6.45, 7) is 5.16. The van der Waals surface area contributed by atoms with Crippen molar-refractivity contribution in [1.29, 1.82) is 0 Å². The first-order valence-electron chi connectivity index (χ1n) is 20.8. The van der Waals surface area contributed by atoms with E-state index in [0.717, 1.165) is 55.8 Å². The molecule has 2 fully saturated rings. The number of alkyl halides is 6. The molecule has 0 aliphatic carbocycles. The van der Waals surface area contributed by atoms with Gasteiger partial charge in [0.25, 0.3) is 0 Å². The number of hydrogen-bond donors (Lipinski definition) is 2. The first-order valence-corrected chi connectivity index (χ1v) is 20.8. The molecule has 3 aromatic carbocycles. The fraction of sp³-hybridized carbons (Fsp3) is 0.298. The number of halogens is 6. The molecule has 6 amide bonds. The molecule has 67 heavy (non-hydrogen) atoms. The molecule has 3 aromatic heterocycles. The molecule has 350 valence electrons. The predicted octanol–water partition coefficient (Wildman–Crippen LogP) is 10.3. The highest BCUT2D eigenvalue weighted by molar-refractivity contribution is 5.93. The monoisotopic (exact) mass is 931 g/mol. The molecule has 0 spiro atoms. The Bertz CT molecular complexity index is 2820. The van der Waals surface area contributed by atoms with Crippen LogP contribution in [0.15, 0.2) is 104 Å². The largest absolute Gasteiger partial charge is 0.497 e. The summed E-state index contributed by atoms with van der Waals surface area (Å²) >= 11 is 0. The van der Waals surface area contributed by atoms with Gasteiger partial charge in [-0.05, 0) is 71.5 Å². The fourth-order valence-corrected chi connectivity index (χ4v) is 7.87. The van der Waals surface area contributed by atoms with Crippen LogP contribution in [0.3, 0.4) is 0 Å². The number of ether oxygens (including phenoxy) is 3. The number of aromatic nitrogens is 3. The second-order valence-electron chi connectivity index (χ2n) is 16.1. The minimum Gasteiger partial charge on any atom is -0.497 e. The molecule has 4 atom stereocenters. The number of methoxy groups -OCH3 is 1. The van der Waals surface area contributed by atoms with Gasteiger partial charge in [0.15, 0.2) is 0 Å². The van der Waals surface area contributed by atoms with Crippen LogP contribution in [-0.4, -0.2) is 69.2 Å². The third-order valence-corrected chi connectivity index (χ3v) is 11.1. The van der Waals surface area contributed by atoms with Gasteiger partial charge in [-0.25, -0.2) is 29.0 Å². The van der Waals surface area contributed by atoms with E-state index in [-0.39, 0.29) is 43.1 Å². The molecular formula is C47H43F6N7O7. The lowest BCUT2D eigenvalue weighted by atomic mass is 9.93. The molecule has 0 saturated carbocycles. The number of nitrogens with zero attached hydrogens (tertiary/aromatic N) is 5. The zero-order valence-electron chi connectivity index (χ0n) is 36.3. The Balaban J connectivity index is 0.000000199. The Kier molecular flexibility index (Phi) is 13.8. The second kappa shape index (κ2) is 19.5. The van der Waals surface area contributed by atoms with Crippen molar-refractivity contribution in [2.75, 3.05) is 20.2 Å². The molecule has 0 bridgehead atoms. The molecule has 2 N–H and O–H groups in total. The van der Waals surface area contributed by atoms with E-state index in [2.05, 4.69) is 25.6 Å². The van der Waals surface area contributed by atoms with E-state index in [1.807, 2.05) is 30.3 Å². The minimum absolute atomic E-state index is 0.00875. The van der Waals surface area contributed by atoms with E-state index in [4.69, 9.17) is 14.2 Å². The summed E-state index contributed by atoms with van der Waals surface area (Å²) in [4.78, 5) is 64.9. The van der Waals surface area contributed by atoms with Crippen LogP contribution in [0.1, 0.15) is 65.0 Å². The molecule has 5 heterocycles. The van der Waals surface area contributed by atoms with Crippen LogP contribution >= 0.6 is 0 Å². The van der Waals surface area contributed by atoms with Gasteiger partial charge in [0.1, 0.15) is 18.0 Å². The van der Waals surface area contributed by atoms with Crippen LogP contribution in [-0.2, 0) is 34.9 Å². The number of urea groups is 2. The maximum atomic E-state index is 13.3. The number of carbonyl (C=O) groups excluding carboxylic acids is 4. The summed E-state index contributed by atoms with van der Waals surface area (Å²) in [7, 11) is 1.25. The topological polar surface area (TPSA) is 165 Å². The Labute approximate surface area is 379 Å². The van der Waals surface area contributed by atoms with Gasteiger partial charge in [0, 0.05) is 85.3 Å². The highest BCUT2D eigenvalue weighted by Crippen LogP contribution is 2.39. The molecular weight excluding hydrogens is 889 g/mol. The maximum absolute atomic E-state index is 13.3. The predicted molar refractivity (Wildman–Crippen MR) is 230 cm³/mol. The fourth-order valence-electron chi connectivity index (χ4n) is 7.87. The van der Waals surface area contributed by atoms with Crippen molar-refractivity contribution in [3.63, 3.8) is 0 Å². The van der Waals surface area contributed by atoms with Crippen LogP contribution in [0.25, 0.3) is 21.7 Å². The number of nitrogens with one attached hydrogen (secondary N) is 2. The molecule has 2 aliphatic rings. The highest BCUT2D eigenvalue weighted by Gasteiger charge is 2.41. The van der Waals surface area contributed by atoms with Gasteiger partial charge < -0.3 is 24.8 Å². The molecule has 2 saturated heterocycles. The summed E-state index contributed by atoms with van der Waals surface area (Å²) in [5.74, 6) is -0.890. The van der Waals surface area contributed by atoms with Crippen molar-refractivity contribution in [2.45, 2.75) is 58.4 Å². The third-order valence-electron chi connectivity index (χ3n) is 11.1. The van der Waals surface area contributed by atoms with Crippen molar-refractivity contribution in [3.8, 4) is 5.75 Å². The number of aryl methyl sites for hydroxylation is 1. The molecule has 14 nitrogen and oxygen atoms in total. The van der Waals surface area contributed by atoms with E-state index in [0.29, 0.717) is 16.6 Å². The summed E-state index contributed by atoms with van der Waals surface area (Å²) in [6, 6.07) is 16.7. The number of amides is 6. The average Bonchev–Trinajstić information content (AvgIpc) is 3.30. The number of cyclic esters (lactones) is 2. The van der Waals surface area contributed by atoms with E-state index < -0.39 is 71.8 Å². The number of pyridine rings is 3. The van der Waals surface area contributed by atoms with Gasteiger partial charge in [-0.3, -0.25) is 15.0 Å². The molecule has 2 aliphatic heterocycles. The van der Waals surface area contributed by atoms with Gasteiger partial charge in [-0.15, -0.1) is 0 Å². The summed E-state index contributed by atoms with van der Waals surface area (Å²) in [6.07, 6.45) is -4.60. The lowest BCUT2D eigenvalue weighted by Gasteiger charge is -2.35. The van der Waals surface area contributed by atoms with Gasteiger partial charge in [0.2, 0.25) is 0 Å². The van der Waals surface area contributed by atoms with Crippen LogP contribution in [0.4, 0.5) is 45.5 Å². The Morgan fingerprint density at radius 3 is 1.82 bits per heavy atom. The van der Waals surface area contributed by atoms with Gasteiger partial charge in [-0.2, -0.15) is 26.3 Å². The number of carbonyl (C=O) groups is 4. The van der Waals surface area contributed by atoms with E-state index in [1.54, 1.807) is 63.9 Å². The van der Waals surface area contributed by atoms with Crippen molar-refractivity contribution >= 4 is 45.9 Å². The number of imide groups is 2. The smallest absolute Gasteiger partial charge is 0.418 e. The Morgan fingerprint density at radius 1 is 0.701 bits per heavy atom. The quantitative estimate of drug-likeness (QED) is 0.147.